The van der Waals surface area contributed by atoms with Crippen LogP contribution < -0.4 is 0 Å². The van der Waals surface area contributed by atoms with E-state index in [0.717, 1.165) is 62.2 Å². The molecule has 0 bridgehead atoms. The van der Waals surface area contributed by atoms with E-state index in [1.165, 1.54) is 66.6 Å². The summed E-state index contributed by atoms with van der Waals surface area (Å²) in [5.74, 6) is 1.97. The molecule has 0 saturated heterocycles. The first-order valence-corrected chi connectivity index (χ1v) is 24.1. The van der Waals surface area contributed by atoms with Gasteiger partial charge in [-0.1, -0.05) is 107 Å². The van der Waals surface area contributed by atoms with Gasteiger partial charge in [-0.25, -0.2) is 4.98 Å². The fourth-order valence-corrected chi connectivity index (χ4v) is 11.9. The normalized spacial score (nSPS) is 21.7. The topological polar surface area (TPSA) is 38.4 Å². The zero-order valence-corrected chi connectivity index (χ0v) is 44.0. The number of aliphatic imine (C=N–C) groups is 1. The summed E-state index contributed by atoms with van der Waals surface area (Å²) in [6.45, 7) is 32.5. The molecule has 0 amide bonds. The Kier molecular flexibility index (Phi) is 10.5. The molecule has 8 aromatic rings. The number of amidine groups is 1. The van der Waals surface area contributed by atoms with E-state index in [2.05, 4.69) is 208 Å². The molecule has 3 aromatic heterocycles. The molecule has 67 heavy (non-hydrogen) atoms. The summed E-state index contributed by atoms with van der Waals surface area (Å²) >= 11 is 0. The summed E-state index contributed by atoms with van der Waals surface area (Å²) in [4.78, 5) is 13.7. The molecule has 4 heterocycles. The van der Waals surface area contributed by atoms with Crippen molar-refractivity contribution < 1.29 is 21.1 Å². The van der Waals surface area contributed by atoms with Crippen LogP contribution in [0.4, 0.5) is 0 Å². The van der Waals surface area contributed by atoms with Crippen LogP contribution in [-0.4, -0.2) is 30.4 Å². The Hall–Kier alpha value is -5.51. The van der Waals surface area contributed by atoms with Crippen LogP contribution in [0.3, 0.4) is 0 Å². The van der Waals surface area contributed by atoms with Gasteiger partial charge in [-0.2, -0.15) is 6.07 Å². The number of hydrogen-bond donors (Lipinski definition) is 0. The number of benzene rings is 5. The van der Waals surface area contributed by atoms with Crippen LogP contribution in [0.2, 0.25) is 0 Å². The zero-order chi connectivity index (χ0) is 46.5. The predicted molar refractivity (Wildman–Crippen MR) is 277 cm³/mol. The second kappa shape index (κ2) is 15.5. The molecule has 0 unspecified atom stereocenters. The molecule has 6 heteroatoms. The molecule has 5 nitrogen and oxygen atoms in total. The first-order chi connectivity index (χ1) is 31.3. The fourth-order valence-electron chi connectivity index (χ4n) is 11.9. The Bertz CT molecular complexity index is 3490. The maximum atomic E-state index is 6.00. The van der Waals surface area contributed by atoms with E-state index >= 15 is 0 Å². The minimum absolute atomic E-state index is 0. The third-order valence-electron chi connectivity index (χ3n) is 16.4. The van der Waals surface area contributed by atoms with Crippen LogP contribution in [0, 0.1) is 44.7 Å². The maximum Gasteiger partial charge on any atom is 2.00 e. The van der Waals surface area contributed by atoms with Gasteiger partial charge in [0.1, 0.15) is 5.65 Å². The Morgan fingerprint density at radius 1 is 0.761 bits per heavy atom. The van der Waals surface area contributed by atoms with Gasteiger partial charge in [-0.3, -0.25) is 0 Å². The number of rotatable bonds is 5. The Labute approximate surface area is 412 Å². The van der Waals surface area contributed by atoms with E-state index in [9.17, 15) is 0 Å². The van der Waals surface area contributed by atoms with Gasteiger partial charge in [0.15, 0.2) is 0 Å². The van der Waals surface area contributed by atoms with E-state index in [4.69, 9.17) is 9.98 Å². The first-order valence-electron chi connectivity index (χ1n) is 24.1. The van der Waals surface area contributed by atoms with E-state index < -0.39 is 11.1 Å². The molecular weight excluding hydrogens is 998 g/mol. The molecule has 0 fully saturated rings. The van der Waals surface area contributed by atoms with Crippen molar-refractivity contribution in [3.63, 3.8) is 0 Å². The van der Waals surface area contributed by atoms with Gasteiger partial charge in [-0.05, 0) is 147 Å². The summed E-state index contributed by atoms with van der Waals surface area (Å²) in [7, 11) is 0. The SMILES string of the molecule is CC1=C[C@H](C)[C@H](C)C(N2C(c3[c-]c(-n4c5[c-]c(-n6c7ccc(C(C)(C)C)cc7c7cccnc76)ccc5c5cc(C)ccc54)cc(C(C)C)c3)=N[C@]3(C)Cc4c(ccc(C)c4C)[C@]23C)=C1C.[Pt+2]. The van der Waals surface area contributed by atoms with Crippen LogP contribution in [0.15, 0.2) is 119 Å². The zero-order valence-electron chi connectivity index (χ0n) is 41.7. The second-order valence-corrected chi connectivity index (χ2v) is 21.9. The Morgan fingerprint density at radius 3 is 2.24 bits per heavy atom. The third-order valence-corrected chi connectivity index (χ3v) is 16.4. The summed E-state index contributed by atoms with van der Waals surface area (Å²) in [6, 6.07) is 40.2. The van der Waals surface area contributed by atoms with Crippen LogP contribution >= 0.6 is 0 Å². The van der Waals surface area contributed by atoms with E-state index in [1.807, 2.05) is 12.3 Å². The molecule has 0 N–H and O–H groups in total. The standard InChI is InChI=1S/C61H63N5.Pt/c1-34(2)42-28-43(57-63-60(13)33-51-39(7)36(4)18-22-52(51)61(60,14)66(57)56-40(8)37(5)27-38(6)41(56)9)30-46(29-42)64-53-23-17-35(3)26-49(53)47-21-20-45(32-55(47)64)65-54-24-19-44(59(10,11)12)31-50(54)48-16-15-25-62-58(48)65;/h15-29,31,34,37,40H,33H2,1-14H3;/q-2;+2/t37-,40-,60+,61-;/m0./s1. The van der Waals surface area contributed by atoms with Gasteiger partial charge in [0.05, 0.1) is 22.4 Å². The number of hydrogen-bond acceptors (Lipinski definition) is 3. The van der Waals surface area contributed by atoms with Gasteiger partial charge >= 0.3 is 21.1 Å². The largest absolute Gasteiger partial charge is 2.00 e. The molecule has 342 valence electrons. The van der Waals surface area contributed by atoms with Crippen LogP contribution in [0.1, 0.15) is 127 Å². The predicted octanol–water partition coefficient (Wildman–Crippen LogP) is 15.0. The number of aromatic nitrogens is 3. The van der Waals surface area contributed by atoms with Gasteiger partial charge in [-0.15, -0.1) is 46.8 Å². The average Bonchev–Trinajstić information content (AvgIpc) is 3.93. The molecule has 5 aromatic carbocycles. The Morgan fingerprint density at radius 2 is 1.49 bits per heavy atom. The van der Waals surface area contributed by atoms with Crippen molar-refractivity contribution in [2.45, 2.75) is 126 Å². The monoisotopic (exact) mass is 1060 g/mol. The number of aryl methyl sites for hydroxylation is 2. The van der Waals surface area contributed by atoms with Crippen molar-refractivity contribution >= 4 is 49.6 Å². The van der Waals surface area contributed by atoms with Crippen molar-refractivity contribution in [2.75, 3.05) is 0 Å². The first kappa shape index (κ1) is 45.3. The number of pyridine rings is 1. The third kappa shape index (κ3) is 6.50. The molecule has 0 saturated carbocycles. The van der Waals surface area contributed by atoms with Gasteiger partial charge in [0, 0.05) is 34.1 Å². The summed E-state index contributed by atoms with van der Waals surface area (Å²) in [6.07, 6.45) is 5.27. The quantitative estimate of drug-likeness (QED) is 0.161. The fraction of sp³-hybridized carbons (Fsp3) is 0.344. The molecule has 3 aliphatic rings. The average molecular weight is 1060 g/mol. The minimum atomic E-state index is -0.406. The Balaban J connectivity index is 0.00000525. The van der Waals surface area contributed by atoms with E-state index in [1.54, 1.807) is 0 Å². The summed E-state index contributed by atoms with van der Waals surface area (Å²) in [5.41, 5.74) is 19.9. The van der Waals surface area contributed by atoms with Gasteiger partial charge < -0.3 is 19.0 Å². The van der Waals surface area contributed by atoms with Crippen molar-refractivity contribution in [1.29, 1.82) is 0 Å². The van der Waals surface area contributed by atoms with Crippen LogP contribution in [-0.2, 0) is 38.4 Å². The van der Waals surface area contributed by atoms with Gasteiger partial charge in [0.2, 0.25) is 0 Å². The van der Waals surface area contributed by atoms with E-state index in [0.29, 0.717) is 11.8 Å². The molecule has 1 aliphatic heterocycles. The summed E-state index contributed by atoms with van der Waals surface area (Å²) in [5, 5.41) is 4.72. The molecule has 11 rings (SSSR count). The molecule has 4 atom stereocenters. The smallest absolute Gasteiger partial charge is 0.357 e. The molecule has 0 spiro atoms. The number of allylic oxidation sites excluding steroid dienone is 4. The molecule has 0 radical (unpaired) electrons. The van der Waals surface area contributed by atoms with Crippen molar-refractivity contribution in [1.82, 2.24) is 19.0 Å². The van der Waals surface area contributed by atoms with E-state index in [-0.39, 0.29) is 32.4 Å². The second-order valence-electron chi connectivity index (χ2n) is 21.9. The van der Waals surface area contributed by atoms with Crippen LogP contribution in [0.5, 0.6) is 0 Å². The summed E-state index contributed by atoms with van der Waals surface area (Å²) < 4.78 is 4.71. The van der Waals surface area contributed by atoms with Crippen molar-refractivity contribution in [3.05, 3.63) is 171 Å². The minimum Gasteiger partial charge on any atom is -0.357 e. The molecule has 2 aliphatic carbocycles. The van der Waals surface area contributed by atoms with Crippen molar-refractivity contribution in [2.24, 2.45) is 16.8 Å². The maximum absolute atomic E-state index is 6.00. The molecular formula is C61H63N5Pt. The van der Waals surface area contributed by atoms with Crippen LogP contribution in [0.25, 0.3) is 55.1 Å². The number of nitrogens with zero attached hydrogens (tertiary/aromatic N) is 5. The van der Waals surface area contributed by atoms with Crippen molar-refractivity contribution in [3.8, 4) is 11.4 Å². The van der Waals surface area contributed by atoms with Gasteiger partial charge in [0.25, 0.3) is 0 Å². The number of fused-ring (bicyclic) bond motifs is 9.